The lowest BCUT2D eigenvalue weighted by atomic mass is 9.95. The summed E-state index contributed by atoms with van der Waals surface area (Å²) in [6.45, 7) is 3.19. The Morgan fingerprint density at radius 1 is 0.977 bits per heavy atom. The Morgan fingerprint density at radius 2 is 1.64 bits per heavy atom. The zero-order chi connectivity index (χ0) is 31.9. The van der Waals surface area contributed by atoms with Crippen LogP contribution < -0.4 is 14.4 Å². The maximum Gasteiger partial charge on any atom is 0.264 e. The molecule has 8 nitrogen and oxygen atoms in total. The molecule has 1 atom stereocenters. The Labute approximate surface area is 270 Å². The van der Waals surface area contributed by atoms with Crippen molar-refractivity contribution in [3.05, 3.63) is 87.9 Å². The van der Waals surface area contributed by atoms with Crippen molar-refractivity contribution in [2.45, 2.75) is 75.9 Å². The first kappa shape index (κ1) is 33.6. The highest BCUT2D eigenvalue weighted by Gasteiger charge is 2.34. The Morgan fingerprint density at radius 3 is 2.23 bits per heavy atom. The molecule has 1 aliphatic carbocycles. The molecule has 1 saturated carbocycles. The van der Waals surface area contributed by atoms with Crippen LogP contribution in [0.25, 0.3) is 0 Å². The van der Waals surface area contributed by atoms with Gasteiger partial charge in [-0.25, -0.2) is 8.42 Å². The first-order chi connectivity index (χ1) is 21.0. The molecule has 0 aromatic heterocycles. The first-order valence-electron chi connectivity index (χ1n) is 14.8. The molecule has 0 aliphatic heterocycles. The summed E-state index contributed by atoms with van der Waals surface area (Å²) in [7, 11) is -2.70. The van der Waals surface area contributed by atoms with Crippen LogP contribution in [0.1, 0.15) is 56.6 Å². The molecule has 1 fully saturated rings. The van der Waals surface area contributed by atoms with Gasteiger partial charge in [-0.1, -0.05) is 73.2 Å². The molecular weight excluding hydrogens is 621 g/mol. The highest BCUT2D eigenvalue weighted by molar-refractivity contribution is 7.92. The monoisotopic (exact) mass is 659 g/mol. The van der Waals surface area contributed by atoms with Crippen LogP contribution in [0.15, 0.2) is 71.6 Å². The fourth-order valence-corrected chi connectivity index (χ4v) is 7.29. The summed E-state index contributed by atoms with van der Waals surface area (Å²) in [5.41, 5.74) is 1.85. The van der Waals surface area contributed by atoms with E-state index in [9.17, 15) is 18.0 Å². The third-order valence-electron chi connectivity index (χ3n) is 7.94. The van der Waals surface area contributed by atoms with E-state index in [1.807, 2.05) is 13.8 Å². The number of sulfonamides is 1. The van der Waals surface area contributed by atoms with Gasteiger partial charge in [0.2, 0.25) is 11.8 Å². The second-order valence-electron chi connectivity index (χ2n) is 11.0. The summed E-state index contributed by atoms with van der Waals surface area (Å²) in [5.74, 6) is -0.306. The molecule has 44 heavy (non-hydrogen) atoms. The number of benzene rings is 3. The van der Waals surface area contributed by atoms with Gasteiger partial charge in [0.05, 0.1) is 17.7 Å². The van der Waals surface area contributed by atoms with Crippen LogP contribution in [0.2, 0.25) is 10.0 Å². The second kappa shape index (κ2) is 15.1. The van der Waals surface area contributed by atoms with Crippen LogP contribution >= 0.6 is 23.2 Å². The van der Waals surface area contributed by atoms with Crippen molar-refractivity contribution in [2.24, 2.45) is 0 Å². The number of methoxy groups -OCH3 is 1. The van der Waals surface area contributed by atoms with E-state index in [0.717, 1.165) is 42.0 Å². The Hall–Kier alpha value is -3.27. The number of aryl methyl sites for hydroxylation is 1. The maximum absolute atomic E-state index is 14.3. The van der Waals surface area contributed by atoms with E-state index in [2.05, 4.69) is 5.32 Å². The zero-order valence-electron chi connectivity index (χ0n) is 25.3. The highest BCUT2D eigenvalue weighted by Crippen LogP contribution is 2.28. The van der Waals surface area contributed by atoms with Gasteiger partial charge in [0.15, 0.2) is 0 Å². The number of hydrogen-bond donors (Lipinski definition) is 1. The van der Waals surface area contributed by atoms with Crippen molar-refractivity contribution in [3.8, 4) is 5.75 Å². The molecule has 0 heterocycles. The number of nitrogens with one attached hydrogen (secondary N) is 1. The molecule has 0 radical (unpaired) electrons. The van der Waals surface area contributed by atoms with Crippen LogP contribution in [0.4, 0.5) is 5.69 Å². The predicted octanol–water partition coefficient (Wildman–Crippen LogP) is 6.76. The van der Waals surface area contributed by atoms with Gasteiger partial charge < -0.3 is 15.0 Å². The number of rotatable bonds is 12. The van der Waals surface area contributed by atoms with E-state index in [4.69, 9.17) is 27.9 Å². The summed E-state index contributed by atoms with van der Waals surface area (Å²) in [6, 6.07) is 17.0. The van der Waals surface area contributed by atoms with E-state index in [1.165, 1.54) is 24.1 Å². The van der Waals surface area contributed by atoms with E-state index in [1.54, 1.807) is 54.6 Å². The van der Waals surface area contributed by atoms with Crippen molar-refractivity contribution >= 4 is 50.7 Å². The number of amides is 2. The fourth-order valence-electron chi connectivity index (χ4n) is 5.41. The van der Waals surface area contributed by atoms with E-state index in [-0.39, 0.29) is 23.4 Å². The normalized spacial score (nSPS) is 14.5. The third-order valence-corrected chi connectivity index (χ3v) is 10.3. The van der Waals surface area contributed by atoms with Gasteiger partial charge >= 0.3 is 0 Å². The van der Waals surface area contributed by atoms with Crippen LogP contribution in [0.5, 0.6) is 5.75 Å². The topological polar surface area (TPSA) is 96.0 Å². The number of carbonyl (C=O) groups excluding carboxylic acids is 2. The summed E-state index contributed by atoms with van der Waals surface area (Å²) in [6.07, 6.45) is 5.33. The first-order valence-corrected chi connectivity index (χ1v) is 17.0. The molecule has 4 rings (SSSR count). The number of halogens is 2. The molecule has 1 N–H and O–H groups in total. The van der Waals surface area contributed by atoms with Gasteiger partial charge in [-0.2, -0.15) is 0 Å². The summed E-state index contributed by atoms with van der Waals surface area (Å²) >= 11 is 12.6. The maximum atomic E-state index is 14.3. The van der Waals surface area contributed by atoms with Gasteiger partial charge in [0, 0.05) is 22.6 Å². The molecule has 11 heteroatoms. The van der Waals surface area contributed by atoms with Crippen LogP contribution in [-0.4, -0.2) is 50.9 Å². The molecule has 1 aliphatic rings. The number of carbonyl (C=O) groups is 2. The zero-order valence-corrected chi connectivity index (χ0v) is 27.6. The predicted molar refractivity (Wildman–Crippen MR) is 175 cm³/mol. The van der Waals surface area contributed by atoms with E-state index in [0.29, 0.717) is 33.5 Å². The summed E-state index contributed by atoms with van der Waals surface area (Å²) < 4.78 is 34.4. The number of ether oxygens (including phenoxy) is 1. The van der Waals surface area contributed by atoms with Gasteiger partial charge in [-0.15, -0.1) is 0 Å². The van der Waals surface area contributed by atoms with Gasteiger partial charge in [-0.3, -0.25) is 13.9 Å². The molecule has 3 aromatic carbocycles. The van der Waals surface area contributed by atoms with Gasteiger partial charge in [-0.05, 0) is 80.3 Å². The smallest absolute Gasteiger partial charge is 0.264 e. The van der Waals surface area contributed by atoms with Crippen LogP contribution in [0, 0.1) is 6.92 Å². The highest BCUT2D eigenvalue weighted by atomic mass is 35.5. The molecule has 1 unspecified atom stereocenters. The van der Waals surface area contributed by atoms with Crippen molar-refractivity contribution in [1.82, 2.24) is 10.2 Å². The Kier molecular flexibility index (Phi) is 11.6. The number of anilines is 1. The largest absolute Gasteiger partial charge is 0.497 e. The van der Waals surface area contributed by atoms with Crippen molar-refractivity contribution < 1.29 is 22.7 Å². The van der Waals surface area contributed by atoms with Crippen molar-refractivity contribution in [1.29, 1.82) is 0 Å². The van der Waals surface area contributed by atoms with E-state index < -0.39 is 28.5 Å². The number of nitrogens with zero attached hydrogens (tertiary/aromatic N) is 2. The van der Waals surface area contributed by atoms with Gasteiger partial charge in [0.1, 0.15) is 18.3 Å². The SMILES string of the molecule is CCC(C(=O)NC1CCCCC1)N(Cc1ccc(Cl)cc1Cl)C(=O)CN(c1ccc(C)cc1)S(=O)(=O)c1ccc(OC)cc1. The average Bonchev–Trinajstić information content (AvgIpc) is 3.01. The van der Waals surface area contributed by atoms with Crippen molar-refractivity contribution in [2.75, 3.05) is 18.0 Å². The van der Waals surface area contributed by atoms with Gasteiger partial charge in [0.25, 0.3) is 10.0 Å². The fraction of sp³-hybridized carbons (Fsp3) is 0.394. The minimum Gasteiger partial charge on any atom is -0.497 e. The third kappa shape index (κ3) is 8.25. The lowest BCUT2D eigenvalue weighted by Crippen LogP contribution is -2.54. The molecular formula is C33H39Cl2N3O5S. The Balaban J connectivity index is 1.72. The second-order valence-corrected chi connectivity index (χ2v) is 13.8. The Bertz CT molecular complexity index is 1540. The minimum absolute atomic E-state index is 0.000976. The minimum atomic E-state index is -4.20. The molecule has 0 bridgehead atoms. The van der Waals surface area contributed by atoms with E-state index >= 15 is 0 Å². The summed E-state index contributed by atoms with van der Waals surface area (Å²) in [5, 5.41) is 3.93. The summed E-state index contributed by atoms with van der Waals surface area (Å²) in [4.78, 5) is 29.4. The quantitative estimate of drug-likeness (QED) is 0.232. The molecule has 3 aromatic rings. The molecule has 0 saturated heterocycles. The van der Waals surface area contributed by atoms with Crippen LogP contribution in [0.3, 0.4) is 0 Å². The number of hydrogen-bond acceptors (Lipinski definition) is 5. The average molecular weight is 661 g/mol. The molecule has 0 spiro atoms. The lowest BCUT2D eigenvalue weighted by Gasteiger charge is -2.34. The van der Waals surface area contributed by atoms with Crippen LogP contribution in [-0.2, 0) is 26.2 Å². The molecule has 2 amide bonds. The lowest BCUT2D eigenvalue weighted by molar-refractivity contribution is -0.140. The van der Waals surface area contributed by atoms with Crippen molar-refractivity contribution in [3.63, 3.8) is 0 Å². The standard InChI is InChI=1S/C33H39Cl2N3O5S/c1-4-31(33(40)36-26-8-6-5-7-9-26)37(21-24-12-13-25(34)20-30(24)35)32(39)22-38(27-14-10-23(2)11-15-27)44(41,42)29-18-16-28(43-3)17-19-29/h10-20,26,31H,4-9,21-22H2,1-3H3,(H,36,40). The molecule has 236 valence electrons.